The standard InChI is InChI=1S/C11H21ClN2/c1-6-10(12)8-14(5)13-9-11(3,4)7-2/h6,8,13H,1,7,9H2,2-5H3/b10-8+. The van der Waals surface area contributed by atoms with Gasteiger partial charge in [0.15, 0.2) is 0 Å². The lowest BCUT2D eigenvalue weighted by Gasteiger charge is -2.26. The molecule has 82 valence electrons. The van der Waals surface area contributed by atoms with Crippen LogP contribution >= 0.6 is 11.6 Å². The zero-order valence-corrected chi connectivity index (χ0v) is 10.4. The van der Waals surface area contributed by atoms with Crippen molar-refractivity contribution >= 4 is 11.6 Å². The molecule has 0 fully saturated rings. The van der Waals surface area contributed by atoms with Crippen LogP contribution in [0, 0.1) is 5.41 Å². The van der Waals surface area contributed by atoms with E-state index in [4.69, 9.17) is 11.6 Å². The van der Waals surface area contributed by atoms with Crippen molar-refractivity contribution in [2.75, 3.05) is 13.6 Å². The molecule has 0 unspecified atom stereocenters. The molecule has 0 aliphatic rings. The molecule has 0 heterocycles. The number of rotatable bonds is 6. The summed E-state index contributed by atoms with van der Waals surface area (Å²) in [6, 6.07) is 0. The van der Waals surface area contributed by atoms with E-state index in [2.05, 4.69) is 32.8 Å². The van der Waals surface area contributed by atoms with E-state index in [0.717, 1.165) is 13.0 Å². The fraction of sp³-hybridized carbons (Fsp3) is 0.636. The number of allylic oxidation sites excluding steroid dienone is 2. The molecule has 0 aliphatic carbocycles. The van der Waals surface area contributed by atoms with E-state index in [1.807, 2.05) is 12.1 Å². The Hall–Kier alpha value is -0.470. The zero-order chi connectivity index (χ0) is 11.2. The lowest BCUT2D eigenvalue weighted by molar-refractivity contribution is 0.233. The molecule has 14 heavy (non-hydrogen) atoms. The van der Waals surface area contributed by atoms with Crippen molar-refractivity contribution in [1.29, 1.82) is 0 Å². The number of hydrogen-bond donors (Lipinski definition) is 1. The summed E-state index contributed by atoms with van der Waals surface area (Å²) in [6.07, 6.45) is 4.57. The van der Waals surface area contributed by atoms with Crippen LogP contribution < -0.4 is 5.43 Å². The zero-order valence-electron chi connectivity index (χ0n) is 9.60. The van der Waals surface area contributed by atoms with Gasteiger partial charge in [-0.3, -0.25) is 0 Å². The van der Waals surface area contributed by atoms with E-state index in [1.165, 1.54) is 0 Å². The van der Waals surface area contributed by atoms with Gasteiger partial charge in [-0.1, -0.05) is 39.0 Å². The SMILES string of the molecule is C=C/C(Cl)=C\N(C)NCC(C)(C)CC. The summed E-state index contributed by atoms with van der Waals surface area (Å²) < 4.78 is 0. The molecule has 3 heteroatoms. The molecular weight excluding hydrogens is 196 g/mol. The summed E-state index contributed by atoms with van der Waals surface area (Å²) in [4.78, 5) is 0. The van der Waals surface area contributed by atoms with Gasteiger partial charge in [-0.25, -0.2) is 5.43 Å². The highest BCUT2D eigenvalue weighted by molar-refractivity contribution is 6.31. The van der Waals surface area contributed by atoms with Crippen molar-refractivity contribution in [3.63, 3.8) is 0 Å². The minimum atomic E-state index is 0.308. The molecule has 0 aliphatic heterocycles. The summed E-state index contributed by atoms with van der Waals surface area (Å²) in [7, 11) is 1.93. The van der Waals surface area contributed by atoms with Crippen LogP contribution in [0.2, 0.25) is 0 Å². The average molecular weight is 217 g/mol. The Kier molecular flexibility index (Phi) is 5.89. The maximum absolute atomic E-state index is 5.81. The smallest absolute Gasteiger partial charge is 0.0573 e. The second-order valence-electron chi connectivity index (χ2n) is 4.18. The summed E-state index contributed by atoms with van der Waals surface area (Å²) in [5.74, 6) is 0. The predicted octanol–water partition coefficient (Wildman–Crippen LogP) is 3.13. The van der Waals surface area contributed by atoms with Crippen LogP contribution in [0.15, 0.2) is 23.9 Å². The Labute approximate surface area is 92.6 Å². The molecule has 0 radical (unpaired) electrons. The normalized spacial score (nSPS) is 12.8. The topological polar surface area (TPSA) is 15.3 Å². The first-order valence-electron chi connectivity index (χ1n) is 4.87. The molecule has 0 bridgehead atoms. The third-order valence-electron chi connectivity index (χ3n) is 2.28. The number of nitrogens with zero attached hydrogens (tertiary/aromatic N) is 1. The summed E-state index contributed by atoms with van der Waals surface area (Å²) in [6.45, 7) is 11.2. The predicted molar refractivity (Wildman–Crippen MR) is 64.0 cm³/mol. The molecule has 0 aromatic rings. The van der Waals surface area contributed by atoms with Gasteiger partial charge in [0.1, 0.15) is 0 Å². The van der Waals surface area contributed by atoms with E-state index in [1.54, 1.807) is 12.3 Å². The van der Waals surface area contributed by atoms with Crippen molar-refractivity contribution < 1.29 is 0 Å². The number of hydrazine groups is 1. The number of halogens is 1. The van der Waals surface area contributed by atoms with Crippen molar-refractivity contribution in [1.82, 2.24) is 10.4 Å². The van der Waals surface area contributed by atoms with E-state index in [0.29, 0.717) is 10.4 Å². The van der Waals surface area contributed by atoms with Gasteiger partial charge in [0.25, 0.3) is 0 Å². The maximum atomic E-state index is 5.81. The Morgan fingerprint density at radius 2 is 2.14 bits per heavy atom. The second kappa shape index (κ2) is 6.10. The van der Waals surface area contributed by atoms with Gasteiger partial charge in [0, 0.05) is 19.8 Å². The van der Waals surface area contributed by atoms with Gasteiger partial charge in [0.05, 0.1) is 5.03 Å². The molecule has 0 aromatic heterocycles. The highest BCUT2D eigenvalue weighted by Gasteiger charge is 2.14. The van der Waals surface area contributed by atoms with Crippen LogP contribution in [0.3, 0.4) is 0 Å². The third-order valence-corrected chi connectivity index (χ3v) is 2.53. The Morgan fingerprint density at radius 1 is 1.57 bits per heavy atom. The molecule has 0 atom stereocenters. The molecule has 0 saturated heterocycles. The van der Waals surface area contributed by atoms with Gasteiger partial charge >= 0.3 is 0 Å². The lowest BCUT2D eigenvalue weighted by Crippen LogP contribution is -2.37. The van der Waals surface area contributed by atoms with Gasteiger partial charge in [-0.2, -0.15) is 0 Å². The minimum Gasteiger partial charge on any atom is -0.317 e. The third kappa shape index (κ3) is 6.06. The van der Waals surface area contributed by atoms with Crippen LogP contribution in [0.25, 0.3) is 0 Å². The van der Waals surface area contributed by atoms with E-state index in [9.17, 15) is 0 Å². The average Bonchev–Trinajstić information content (AvgIpc) is 2.15. The second-order valence-corrected chi connectivity index (χ2v) is 4.62. The summed E-state index contributed by atoms with van der Waals surface area (Å²) >= 11 is 5.81. The summed E-state index contributed by atoms with van der Waals surface area (Å²) in [5.41, 5.74) is 3.57. The van der Waals surface area contributed by atoms with Crippen LogP contribution in [0.5, 0.6) is 0 Å². The van der Waals surface area contributed by atoms with Crippen molar-refractivity contribution in [3.8, 4) is 0 Å². The molecule has 1 N–H and O–H groups in total. The largest absolute Gasteiger partial charge is 0.317 e. The van der Waals surface area contributed by atoms with Gasteiger partial charge < -0.3 is 5.01 Å². The monoisotopic (exact) mass is 216 g/mol. The Morgan fingerprint density at radius 3 is 2.57 bits per heavy atom. The number of nitrogens with one attached hydrogen (secondary N) is 1. The maximum Gasteiger partial charge on any atom is 0.0573 e. The van der Waals surface area contributed by atoms with E-state index in [-0.39, 0.29) is 0 Å². The van der Waals surface area contributed by atoms with Gasteiger partial charge in [0.2, 0.25) is 0 Å². The van der Waals surface area contributed by atoms with Crippen LogP contribution in [-0.4, -0.2) is 18.6 Å². The first-order valence-corrected chi connectivity index (χ1v) is 5.25. The molecule has 0 amide bonds. The Balaban J connectivity index is 3.97. The van der Waals surface area contributed by atoms with Crippen LogP contribution in [0.4, 0.5) is 0 Å². The Bertz CT molecular complexity index is 209. The lowest BCUT2D eigenvalue weighted by atomic mass is 9.91. The number of hydrogen-bond acceptors (Lipinski definition) is 2. The quantitative estimate of drug-likeness (QED) is 0.542. The molecule has 0 rings (SSSR count). The van der Waals surface area contributed by atoms with Crippen molar-refractivity contribution in [3.05, 3.63) is 23.9 Å². The molecule has 0 aromatic carbocycles. The molecule has 0 spiro atoms. The van der Waals surface area contributed by atoms with Crippen molar-refractivity contribution in [2.45, 2.75) is 27.2 Å². The first kappa shape index (κ1) is 13.5. The molecule has 2 nitrogen and oxygen atoms in total. The fourth-order valence-corrected chi connectivity index (χ4v) is 0.893. The van der Waals surface area contributed by atoms with Crippen molar-refractivity contribution in [2.24, 2.45) is 5.41 Å². The first-order chi connectivity index (χ1) is 6.41. The van der Waals surface area contributed by atoms with E-state index >= 15 is 0 Å². The van der Waals surface area contributed by atoms with E-state index < -0.39 is 0 Å². The van der Waals surface area contributed by atoms with Gasteiger partial charge in [-0.05, 0) is 17.9 Å². The molecular formula is C11H21ClN2. The molecule has 0 saturated carbocycles. The summed E-state index contributed by atoms with van der Waals surface area (Å²) in [5, 5.41) is 2.50. The van der Waals surface area contributed by atoms with Crippen LogP contribution in [-0.2, 0) is 0 Å². The highest BCUT2D eigenvalue weighted by Crippen LogP contribution is 2.17. The van der Waals surface area contributed by atoms with Crippen LogP contribution in [0.1, 0.15) is 27.2 Å². The highest BCUT2D eigenvalue weighted by atomic mass is 35.5. The minimum absolute atomic E-state index is 0.308. The fourth-order valence-electron chi connectivity index (χ4n) is 0.747. The van der Waals surface area contributed by atoms with Gasteiger partial charge in [-0.15, -0.1) is 0 Å².